The summed E-state index contributed by atoms with van der Waals surface area (Å²) < 4.78 is 0. The van der Waals surface area contributed by atoms with E-state index in [2.05, 4.69) is 45.0 Å². The first-order valence-corrected chi connectivity index (χ1v) is 6.77. The Balaban J connectivity index is 2.17. The minimum atomic E-state index is -0.135. The van der Waals surface area contributed by atoms with Crippen molar-refractivity contribution >= 4 is 0 Å². The van der Waals surface area contributed by atoms with Gasteiger partial charge in [-0.25, -0.2) is 0 Å². The molecule has 1 fully saturated rings. The van der Waals surface area contributed by atoms with Gasteiger partial charge >= 0.3 is 0 Å². The number of hydrogen-bond acceptors (Lipinski definition) is 1. The van der Waals surface area contributed by atoms with Crippen LogP contribution in [0.2, 0.25) is 0 Å². The maximum absolute atomic E-state index is 10.1. The van der Waals surface area contributed by atoms with E-state index < -0.39 is 0 Å². The van der Waals surface area contributed by atoms with Gasteiger partial charge in [-0.1, -0.05) is 57.9 Å². The molecule has 1 aromatic carbocycles. The lowest BCUT2D eigenvalue weighted by atomic mass is 9.80. The molecule has 1 aliphatic rings. The van der Waals surface area contributed by atoms with Crippen molar-refractivity contribution in [2.45, 2.75) is 63.9 Å². The van der Waals surface area contributed by atoms with E-state index in [1.54, 1.807) is 0 Å². The third-order valence-electron chi connectivity index (χ3n) is 3.93. The summed E-state index contributed by atoms with van der Waals surface area (Å²) in [6, 6.07) is 8.85. The zero-order chi connectivity index (χ0) is 12.5. The van der Waals surface area contributed by atoms with Crippen LogP contribution >= 0.6 is 0 Å². The first-order chi connectivity index (χ1) is 7.98. The Bertz CT molecular complexity index is 358. The molecule has 2 atom stereocenters. The normalized spacial score (nSPS) is 25.9. The van der Waals surface area contributed by atoms with Crippen LogP contribution in [0, 0.1) is 0 Å². The molecule has 1 aliphatic carbocycles. The molecule has 1 N–H and O–H groups in total. The maximum atomic E-state index is 10.1. The summed E-state index contributed by atoms with van der Waals surface area (Å²) in [4.78, 5) is 0. The highest BCUT2D eigenvalue weighted by atomic mass is 16.3. The molecule has 17 heavy (non-hydrogen) atoms. The summed E-state index contributed by atoms with van der Waals surface area (Å²) in [7, 11) is 0. The van der Waals surface area contributed by atoms with Crippen LogP contribution in [0.3, 0.4) is 0 Å². The van der Waals surface area contributed by atoms with Crippen molar-refractivity contribution in [1.82, 2.24) is 0 Å². The molecule has 94 valence electrons. The summed E-state index contributed by atoms with van der Waals surface area (Å²) in [5.41, 5.74) is 2.89. The van der Waals surface area contributed by atoms with Gasteiger partial charge in [0.2, 0.25) is 0 Å². The molecule has 0 heterocycles. The van der Waals surface area contributed by atoms with Crippen LogP contribution in [0.1, 0.15) is 63.5 Å². The molecule has 0 amide bonds. The summed E-state index contributed by atoms with van der Waals surface area (Å²) in [6.45, 7) is 6.70. The molecule has 1 aromatic rings. The Kier molecular flexibility index (Phi) is 3.58. The monoisotopic (exact) mass is 232 g/mol. The molecule has 1 heteroatoms. The number of aliphatic hydroxyl groups is 1. The van der Waals surface area contributed by atoms with Crippen molar-refractivity contribution < 1.29 is 5.11 Å². The fourth-order valence-corrected chi connectivity index (χ4v) is 2.73. The molecular formula is C16H24O. The summed E-state index contributed by atoms with van der Waals surface area (Å²) in [5, 5.41) is 10.1. The first-order valence-electron chi connectivity index (χ1n) is 6.77. The Morgan fingerprint density at radius 2 is 1.59 bits per heavy atom. The quantitative estimate of drug-likeness (QED) is 0.776. The van der Waals surface area contributed by atoms with Crippen molar-refractivity contribution in [3.05, 3.63) is 35.4 Å². The van der Waals surface area contributed by atoms with Crippen LogP contribution in [0.25, 0.3) is 0 Å². The minimum absolute atomic E-state index is 0.135. The van der Waals surface area contributed by atoms with Crippen molar-refractivity contribution in [3.8, 4) is 0 Å². The van der Waals surface area contributed by atoms with Crippen LogP contribution in [-0.2, 0) is 5.41 Å². The van der Waals surface area contributed by atoms with Crippen molar-refractivity contribution in [2.75, 3.05) is 0 Å². The lowest BCUT2D eigenvalue weighted by Gasteiger charge is -2.28. The number of benzene rings is 1. The van der Waals surface area contributed by atoms with Crippen LogP contribution in [-0.4, -0.2) is 11.2 Å². The minimum Gasteiger partial charge on any atom is -0.392 e. The molecule has 0 spiro atoms. The second-order valence-corrected chi connectivity index (χ2v) is 6.33. The van der Waals surface area contributed by atoms with Gasteiger partial charge in [0.1, 0.15) is 0 Å². The van der Waals surface area contributed by atoms with E-state index in [-0.39, 0.29) is 11.5 Å². The van der Waals surface area contributed by atoms with Gasteiger partial charge in [-0.2, -0.15) is 0 Å². The van der Waals surface area contributed by atoms with E-state index in [1.807, 2.05) is 0 Å². The van der Waals surface area contributed by atoms with E-state index in [0.29, 0.717) is 5.92 Å². The largest absolute Gasteiger partial charge is 0.392 e. The zero-order valence-corrected chi connectivity index (χ0v) is 11.2. The fraction of sp³-hybridized carbons (Fsp3) is 0.625. The van der Waals surface area contributed by atoms with Gasteiger partial charge in [-0.05, 0) is 29.4 Å². The third kappa shape index (κ3) is 2.90. The second-order valence-electron chi connectivity index (χ2n) is 6.33. The predicted octanol–water partition coefficient (Wildman–Crippen LogP) is 4.00. The van der Waals surface area contributed by atoms with Gasteiger partial charge in [0.15, 0.2) is 0 Å². The topological polar surface area (TPSA) is 20.2 Å². The zero-order valence-electron chi connectivity index (χ0n) is 11.2. The number of rotatable bonds is 1. The standard InChI is InChI=1S/C16H24O/c1-16(2,3)13-10-8-12(9-11-13)14-6-4-5-7-15(14)17/h8-11,14-15,17H,4-7H2,1-3H3/t14-,15-/m0/s1. The highest BCUT2D eigenvalue weighted by molar-refractivity contribution is 5.30. The summed E-state index contributed by atoms with van der Waals surface area (Å²) >= 11 is 0. The highest BCUT2D eigenvalue weighted by Crippen LogP contribution is 2.34. The van der Waals surface area contributed by atoms with Crippen LogP contribution in [0.15, 0.2) is 24.3 Å². The van der Waals surface area contributed by atoms with Gasteiger partial charge in [0.05, 0.1) is 6.10 Å². The number of aliphatic hydroxyl groups excluding tert-OH is 1. The van der Waals surface area contributed by atoms with Crippen molar-refractivity contribution in [3.63, 3.8) is 0 Å². The number of hydrogen-bond donors (Lipinski definition) is 1. The Labute approximate surface area is 105 Å². The third-order valence-corrected chi connectivity index (χ3v) is 3.93. The van der Waals surface area contributed by atoms with Crippen LogP contribution in [0.5, 0.6) is 0 Å². The van der Waals surface area contributed by atoms with Gasteiger partial charge < -0.3 is 5.11 Å². The van der Waals surface area contributed by atoms with Gasteiger partial charge in [0.25, 0.3) is 0 Å². The average molecular weight is 232 g/mol. The van der Waals surface area contributed by atoms with Crippen LogP contribution < -0.4 is 0 Å². The molecule has 1 saturated carbocycles. The highest BCUT2D eigenvalue weighted by Gasteiger charge is 2.24. The molecular weight excluding hydrogens is 208 g/mol. The Hall–Kier alpha value is -0.820. The fourth-order valence-electron chi connectivity index (χ4n) is 2.73. The van der Waals surface area contributed by atoms with E-state index in [1.165, 1.54) is 24.0 Å². The summed E-state index contributed by atoms with van der Waals surface area (Å²) in [6.07, 6.45) is 4.40. The van der Waals surface area contributed by atoms with E-state index in [0.717, 1.165) is 12.8 Å². The molecule has 0 radical (unpaired) electrons. The lowest BCUT2D eigenvalue weighted by Crippen LogP contribution is -2.22. The molecule has 1 nitrogen and oxygen atoms in total. The molecule has 0 bridgehead atoms. The van der Waals surface area contributed by atoms with Gasteiger partial charge in [0, 0.05) is 5.92 Å². The van der Waals surface area contributed by atoms with E-state index >= 15 is 0 Å². The van der Waals surface area contributed by atoms with Crippen LogP contribution in [0.4, 0.5) is 0 Å². The van der Waals surface area contributed by atoms with E-state index in [9.17, 15) is 5.11 Å². The Morgan fingerprint density at radius 3 is 2.12 bits per heavy atom. The SMILES string of the molecule is CC(C)(C)c1ccc([C@@H]2CCCC[C@@H]2O)cc1. The van der Waals surface area contributed by atoms with Gasteiger partial charge in [-0.3, -0.25) is 0 Å². The summed E-state index contributed by atoms with van der Waals surface area (Å²) in [5.74, 6) is 0.359. The molecule has 0 saturated heterocycles. The molecule has 0 aromatic heterocycles. The molecule has 2 rings (SSSR count). The smallest absolute Gasteiger partial charge is 0.0608 e. The van der Waals surface area contributed by atoms with Crippen molar-refractivity contribution in [2.24, 2.45) is 0 Å². The second kappa shape index (κ2) is 4.81. The predicted molar refractivity (Wildman–Crippen MR) is 72.4 cm³/mol. The Morgan fingerprint density at radius 1 is 1.00 bits per heavy atom. The average Bonchev–Trinajstić information content (AvgIpc) is 2.29. The van der Waals surface area contributed by atoms with E-state index in [4.69, 9.17) is 0 Å². The first kappa shape index (κ1) is 12.6. The molecule has 0 aliphatic heterocycles. The van der Waals surface area contributed by atoms with Gasteiger partial charge in [-0.15, -0.1) is 0 Å². The molecule has 0 unspecified atom stereocenters. The maximum Gasteiger partial charge on any atom is 0.0608 e. The van der Waals surface area contributed by atoms with Crippen molar-refractivity contribution in [1.29, 1.82) is 0 Å². The lowest BCUT2D eigenvalue weighted by molar-refractivity contribution is 0.106.